The third-order valence-electron chi connectivity index (χ3n) is 9.19. The molecular weight excluding hydrogens is 548 g/mol. The SMILES string of the molecule is CC1(C)C=Cc2c(-c3cccc(-c4ccccc4)c3)nc(-n3c4ccccc4c4ccc5c(ccn5-c5ccccc5)c43)nc21. The Hall–Kier alpha value is -5.74. The van der Waals surface area contributed by atoms with Crippen LogP contribution in [0.1, 0.15) is 25.1 Å². The second-order valence-electron chi connectivity index (χ2n) is 12.4. The summed E-state index contributed by atoms with van der Waals surface area (Å²) in [5.74, 6) is 0.691. The quantitative estimate of drug-likeness (QED) is 0.208. The number of rotatable bonds is 4. The molecular formula is C41H30N4. The van der Waals surface area contributed by atoms with Gasteiger partial charge in [0.05, 0.1) is 27.9 Å². The minimum Gasteiger partial charge on any atom is -0.316 e. The average molecular weight is 579 g/mol. The van der Waals surface area contributed by atoms with E-state index in [1.165, 1.54) is 27.3 Å². The minimum atomic E-state index is -0.219. The summed E-state index contributed by atoms with van der Waals surface area (Å²) < 4.78 is 4.54. The Balaban J connectivity index is 1.35. The number of para-hydroxylation sites is 2. The Morgan fingerprint density at radius 3 is 2.16 bits per heavy atom. The second kappa shape index (κ2) is 9.63. The maximum Gasteiger partial charge on any atom is 0.235 e. The van der Waals surface area contributed by atoms with E-state index in [0.29, 0.717) is 5.95 Å². The fraction of sp³-hybridized carbons (Fsp3) is 0.0732. The van der Waals surface area contributed by atoms with E-state index in [1.807, 2.05) is 0 Å². The van der Waals surface area contributed by atoms with Crippen LogP contribution in [0.15, 0.2) is 140 Å². The number of aromatic nitrogens is 4. The molecule has 4 nitrogen and oxygen atoms in total. The summed E-state index contributed by atoms with van der Waals surface area (Å²) in [5.41, 5.74) is 10.8. The highest BCUT2D eigenvalue weighted by Crippen LogP contribution is 2.42. The van der Waals surface area contributed by atoms with Gasteiger partial charge in [0.1, 0.15) is 0 Å². The number of benzene rings is 5. The van der Waals surface area contributed by atoms with Crippen molar-refractivity contribution in [2.45, 2.75) is 19.3 Å². The third-order valence-corrected chi connectivity index (χ3v) is 9.19. The summed E-state index contributed by atoms with van der Waals surface area (Å²) in [4.78, 5) is 10.8. The van der Waals surface area contributed by atoms with E-state index in [0.717, 1.165) is 44.8 Å². The molecule has 0 atom stereocenters. The van der Waals surface area contributed by atoms with Crippen molar-refractivity contribution >= 4 is 38.8 Å². The van der Waals surface area contributed by atoms with Crippen molar-refractivity contribution in [2.24, 2.45) is 0 Å². The number of fused-ring (bicyclic) bond motifs is 6. The molecule has 0 radical (unpaired) electrons. The van der Waals surface area contributed by atoms with Gasteiger partial charge in [0, 0.05) is 44.6 Å². The van der Waals surface area contributed by atoms with Gasteiger partial charge < -0.3 is 4.57 Å². The van der Waals surface area contributed by atoms with Crippen molar-refractivity contribution in [3.8, 4) is 34.0 Å². The van der Waals surface area contributed by atoms with Crippen LogP contribution < -0.4 is 0 Å². The standard InChI is InChI=1S/C41H30N4/c1-41(2)24-22-34-37(29-15-11-14-28(26-29)27-12-5-3-6-13-27)42-40(43-39(34)41)45-36-19-10-9-18-31(36)32-20-21-35-33(38(32)45)23-25-44(35)30-16-7-4-8-17-30/h3-26H,1-2H3. The average Bonchev–Trinajstić information content (AvgIpc) is 3.76. The van der Waals surface area contributed by atoms with Gasteiger partial charge in [0.2, 0.25) is 5.95 Å². The molecule has 3 aromatic heterocycles. The molecule has 0 N–H and O–H groups in total. The van der Waals surface area contributed by atoms with Crippen molar-refractivity contribution in [3.05, 3.63) is 151 Å². The smallest absolute Gasteiger partial charge is 0.235 e. The normalized spacial score (nSPS) is 13.6. The Labute approximate surface area is 261 Å². The summed E-state index contributed by atoms with van der Waals surface area (Å²) in [7, 11) is 0. The Kier molecular flexibility index (Phi) is 5.51. The van der Waals surface area contributed by atoms with E-state index in [2.05, 4.69) is 169 Å². The zero-order valence-corrected chi connectivity index (χ0v) is 25.1. The largest absolute Gasteiger partial charge is 0.316 e. The van der Waals surface area contributed by atoms with Crippen LogP contribution in [0, 0.1) is 0 Å². The summed E-state index contributed by atoms with van der Waals surface area (Å²) in [5, 5.41) is 3.55. The first kappa shape index (κ1) is 25.7. The molecule has 0 unspecified atom stereocenters. The zero-order chi connectivity index (χ0) is 30.1. The van der Waals surface area contributed by atoms with E-state index in [-0.39, 0.29) is 5.41 Å². The van der Waals surface area contributed by atoms with Crippen molar-refractivity contribution in [1.82, 2.24) is 19.1 Å². The molecule has 4 heteroatoms. The van der Waals surface area contributed by atoms with Crippen LogP contribution >= 0.6 is 0 Å². The lowest BCUT2D eigenvalue weighted by molar-refractivity contribution is 0.651. The molecule has 1 aliphatic rings. The third kappa shape index (κ3) is 3.92. The maximum absolute atomic E-state index is 5.42. The van der Waals surface area contributed by atoms with Gasteiger partial charge in [-0.15, -0.1) is 0 Å². The van der Waals surface area contributed by atoms with Gasteiger partial charge in [-0.25, -0.2) is 9.97 Å². The second-order valence-corrected chi connectivity index (χ2v) is 12.4. The predicted molar refractivity (Wildman–Crippen MR) is 186 cm³/mol. The first-order valence-corrected chi connectivity index (χ1v) is 15.4. The topological polar surface area (TPSA) is 35.6 Å². The van der Waals surface area contributed by atoms with E-state index in [9.17, 15) is 0 Å². The summed E-state index contributed by atoms with van der Waals surface area (Å²) in [6.45, 7) is 4.47. The molecule has 8 aromatic rings. The molecule has 0 saturated carbocycles. The Morgan fingerprint density at radius 2 is 1.31 bits per heavy atom. The molecule has 0 aliphatic heterocycles. The van der Waals surface area contributed by atoms with Gasteiger partial charge in [-0.3, -0.25) is 4.57 Å². The molecule has 0 amide bonds. The molecule has 5 aromatic carbocycles. The van der Waals surface area contributed by atoms with E-state index < -0.39 is 0 Å². The number of nitrogens with zero attached hydrogens (tertiary/aromatic N) is 4. The summed E-state index contributed by atoms with van der Waals surface area (Å²) in [6.07, 6.45) is 6.62. The van der Waals surface area contributed by atoms with Crippen molar-refractivity contribution < 1.29 is 0 Å². The highest BCUT2D eigenvalue weighted by molar-refractivity contribution is 6.18. The Morgan fingerprint density at radius 1 is 0.578 bits per heavy atom. The number of allylic oxidation sites excluding steroid dienone is 1. The van der Waals surface area contributed by atoms with E-state index >= 15 is 0 Å². The molecule has 0 spiro atoms. The monoisotopic (exact) mass is 578 g/mol. The predicted octanol–water partition coefficient (Wildman–Crippen LogP) is 10.2. The van der Waals surface area contributed by atoms with Crippen LogP contribution in [0.5, 0.6) is 0 Å². The lowest BCUT2D eigenvalue weighted by Gasteiger charge is -2.20. The fourth-order valence-corrected chi connectivity index (χ4v) is 6.97. The van der Waals surface area contributed by atoms with Gasteiger partial charge in [0.25, 0.3) is 0 Å². The highest BCUT2D eigenvalue weighted by atomic mass is 15.2. The van der Waals surface area contributed by atoms with Gasteiger partial charge in [-0.2, -0.15) is 0 Å². The number of hydrogen-bond donors (Lipinski definition) is 0. The molecule has 9 rings (SSSR count). The fourth-order valence-electron chi connectivity index (χ4n) is 6.97. The summed E-state index contributed by atoms with van der Waals surface area (Å²) in [6, 6.07) is 45.1. The lowest BCUT2D eigenvalue weighted by atomic mass is 9.90. The molecule has 0 fully saturated rings. The minimum absolute atomic E-state index is 0.219. The molecule has 0 saturated heterocycles. The number of hydrogen-bond acceptors (Lipinski definition) is 2. The highest BCUT2D eigenvalue weighted by Gasteiger charge is 2.31. The molecule has 214 valence electrons. The van der Waals surface area contributed by atoms with Crippen LogP contribution in [-0.4, -0.2) is 19.1 Å². The lowest BCUT2D eigenvalue weighted by Crippen LogP contribution is -2.16. The van der Waals surface area contributed by atoms with Gasteiger partial charge in [-0.05, 0) is 47.5 Å². The van der Waals surface area contributed by atoms with Crippen LogP contribution in [-0.2, 0) is 5.41 Å². The van der Waals surface area contributed by atoms with Crippen LogP contribution in [0.3, 0.4) is 0 Å². The molecule has 3 heterocycles. The van der Waals surface area contributed by atoms with Crippen molar-refractivity contribution in [2.75, 3.05) is 0 Å². The molecule has 1 aliphatic carbocycles. The molecule has 0 bridgehead atoms. The van der Waals surface area contributed by atoms with Crippen molar-refractivity contribution in [1.29, 1.82) is 0 Å². The van der Waals surface area contributed by atoms with Gasteiger partial charge >= 0.3 is 0 Å². The van der Waals surface area contributed by atoms with Crippen LogP contribution in [0.2, 0.25) is 0 Å². The zero-order valence-electron chi connectivity index (χ0n) is 25.1. The first-order chi connectivity index (χ1) is 22.1. The van der Waals surface area contributed by atoms with Gasteiger partial charge in [-0.1, -0.05) is 117 Å². The maximum atomic E-state index is 5.42. The van der Waals surface area contributed by atoms with Crippen molar-refractivity contribution in [3.63, 3.8) is 0 Å². The van der Waals surface area contributed by atoms with E-state index in [1.54, 1.807) is 0 Å². The molecule has 45 heavy (non-hydrogen) atoms. The van der Waals surface area contributed by atoms with E-state index in [4.69, 9.17) is 9.97 Å². The summed E-state index contributed by atoms with van der Waals surface area (Å²) >= 11 is 0. The Bertz CT molecular complexity index is 2440. The first-order valence-electron chi connectivity index (χ1n) is 15.4. The van der Waals surface area contributed by atoms with Crippen LogP contribution in [0.25, 0.3) is 72.8 Å². The van der Waals surface area contributed by atoms with Crippen LogP contribution in [0.4, 0.5) is 0 Å². The van der Waals surface area contributed by atoms with Gasteiger partial charge in [0.15, 0.2) is 0 Å².